The van der Waals surface area contributed by atoms with Gasteiger partial charge < -0.3 is 16.0 Å². The van der Waals surface area contributed by atoms with Crippen LogP contribution in [0.1, 0.15) is 33.6 Å². The van der Waals surface area contributed by atoms with Gasteiger partial charge in [0.1, 0.15) is 11.6 Å². The Morgan fingerprint density at radius 3 is 2.88 bits per heavy atom. The molecule has 9 heteroatoms. The highest BCUT2D eigenvalue weighted by atomic mass is 19.1. The number of carbonyl (C=O) groups excluding carboxylic acids is 1. The summed E-state index contributed by atoms with van der Waals surface area (Å²) in [6.45, 7) is 2.10. The van der Waals surface area contributed by atoms with E-state index < -0.39 is 5.91 Å². The summed E-state index contributed by atoms with van der Waals surface area (Å²) < 4.78 is 15.3. The normalized spacial score (nSPS) is 14.1. The molecule has 0 spiro atoms. The van der Waals surface area contributed by atoms with Gasteiger partial charge in [0.05, 0.1) is 23.0 Å². The van der Waals surface area contributed by atoms with E-state index in [1.165, 1.54) is 12.1 Å². The van der Waals surface area contributed by atoms with Crippen LogP contribution >= 0.6 is 0 Å². The molecule has 33 heavy (non-hydrogen) atoms. The minimum absolute atomic E-state index is 0.274. The molecule has 2 aromatic carbocycles. The smallest absolute Gasteiger partial charge is 0.253 e. The van der Waals surface area contributed by atoms with Crippen molar-refractivity contribution < 1.29 is 9.18 Å². The van der Waals surface area contributed by atoms with Crippen LogP contribution < -0.4 is 11.1 Å². The van der Waals surface area contributed by atoms with Gasteiger partial charge in [-0.15, -0.1) is 0 Å². The maximum Gasteiger partial charge on any atom is 0.253 e. The summed E-state index contributed by atoms with van der Waals surface area (Å²) in [4.78, 5) is 23.7. The number of nitrogens with one attached hydrogen (secondary N) is 1. The molecule has 0 bridgehead atoms. The second-order valence-corrected chi connectivity index (χ2v) is 8.28. The number of primary amides is 1. The molecular formula is C24H24FN7O. The molecule has 8 nitrogen and oxygen atoms in total. The van der Waals surface area contributed by atoms with E-state index in [4.69, 9.17) is 15.7 Å². The Morgan fingerprint density at radius 1 is 1.21 bits per heavy atom. The van der Waals surface area contributed by atoms with Crippen molar-refractivity contribution in [3.63, 3.8) is 0 Å². The Morgan fingerprint density at radius 2 is 2.06 bits per heavy atom. The Balaban J connectivity index is 1.60. The second kappa shape index (κ2) is 8.59. The molecular weight excluding hydrogens is 421 g/mol. The van der Waals surface area contributed by atoms with Crippen LogP contribution in [0.4, 0.5) is 10.2 Å². The van der Waals surface area contributed by atoms with Gasteiger partial charge in [-0.05, 0) is 56.3 Å². The van der Waals surface area contributed by atoms with Crippen molar-refractivity contribution in [1.82, 2.24) is 24.6 Å². The molecule has 0 radical (unpaired) electrons. The van der Waals surface area contributed by atoms with Gasteiger partial charge in [0.25, 0.3) is 5.95 Å². The van der Waals surface area contributed by atoms with Gasteiger partial charge >= 0.3 is 0 Å². The van der Waals surface area contributed by atoms with Crippen molar-refractivity contribution >= 4 is 22.6 Å². The van der Waals surface area contributed by atoms with E-state index in [-0.39, 0.29) is 5.82 Å². The number of anilines is 1. The summed E-state index contributed by atoms with van der Waals surface area (Å²) in [5.41, 5.74) is 9.45. The number of carbonyl (C=O) groups is 1. The third-order valence-electron chi connectivity index (χ3n) is 5.88. The van der Waals surface area contributed by atoms with Crippen molar-refractivity contribution in [3.05, 3.63) is 76.9 Å². The lowest BCUT2D eigenvalue weighted by molar-refractivity contribution is 0.100. The zero-order chi connectivity index (χ0) is 22.9. The number of rotatable bonds is 5. The molecule has 1 amide bonds. The number of nitrogens with two attached hydrogens (primary N) is 1. The number of hydrogen-bond acceptors (Lipinski definition) is 6. The zero-order valence-corrected chi connectivity index (χ0v) is 18.3. The van der Waals surface area contributed by atoms with Crippen LogP contribution in [-0.2, 0) is 19.5 Å². The average molecular weight is 446 g/mol. The number of benzene rings is 2. The summed E-state index contributed by atoms with van der Waals surface area (Å²) in [5.74, 6) is 0.326. The Kier molecular flexibility index (Phi) is 5.47. The highest BCUT2D eigenvalue weighted by molar-refractivity contribution is 6.05. The number of aryl methyl sites for hydroxylation is 1. The predicted molar refractivity (Wildman–Crippen MR) is 124 cm³/mol. The van der Waals surface area contributed by atoms with E-state index in [2.05, 4.69) is 22.4 Å². The Bertz CT molecular complexity index is 1350. The molecule has 1 aliphatic heterocycles. The molecule has 5 rings (SSSR count). The molecule has 0 atom stereocenters. The van der Waals surface area contributed by atoms with Crippen LogP contribution in [0.2, 0.25) is 0 Å². The van der Waals surface area contributed by atoms with E-state index in [0.717, 1.165) is 36.2 Å². The number of nitrogens with zero attached hydrogens (tertiary/aromatic N) is 5. The lowest BCUT2D eigenvalue weighted by Crippen LogP contribution is -2.19. The van der Waals surface area contributed by atoms with Gasteiger partial charge in [-0.25, -0.2) is 9.37 Å². The van der Waals surface area contributed by atoms with Crippen molar-refractivity contribution in [2.45, 2.75) is 25.9 Å². The quantitative estimate of drug-likeness (QED) is 0.490. The summed E-state index contributed by atoms with van der Waals surface area (Å²) >= 11 is 0. The van der Waals surface area contributed by atoms with Gasteiger partial charge in [0, 0.05) is 24.0 Å². The number of halogens is 1. The first-order valence-corrected chi connectivity index (χ1v) is 10.8. The minimum Gasteiger partial charge on any atom is -0.366 e. The topological polar surface area (TPSA) is 102 Å². The molecule has 3 N–H and O–H groups in total. The molecule has 2 aromatic heterocycles. The third-order valence-corrected chi connectivity index (χ3v) is 5.88. The molecule has 168 valence electrons. The zero-order valence-electron chi connectivity index (χ0n) is 18.3. The molecule has 0 saturated heterocycles. The van der Waals surface area contributed by atoms with Crippen LogP contribution in [-0.4, -0.2) is 44.1 Å². The summed E-state index contributed by atoms with van der Waals surface area (Å²) in [6.07, 6.45) is 3.41. The fourth-order valence-electron chi connectivity index (χ4n) is 4.25. The fourth-order valence-corrected chi connectivity index (χ4v) is 4.25. The second-order valence-electron chi connectivity index (χ2n) is 8.28. The summed E-state index contributed by atoms with van der Waals surface area (Å²) in [5, 5.41) is 8.50. The first kappa shape index (κ1) is 21.0. The number of aromatic nitrogens is 4. The van der Waals surface area contributed by atoms with E-state index in [9.17, 15) is 9.18 Å². The summed E-state index contributed by atoms with van der Waals surface area (Å²) in [7, 11) is 2.08. The number of amides is 1. The highest BCUT2D eigenvalue weighted by Gasteiger charge is 2.21. The number of hydrogen-bond donors (Lipinski definition) is 2. The van der Waals surface area contributed by atoms with Gasteiger partial charge in [-0.3, -0.25) is 4.79 Å². The van der Waals surface area contributed by atoms with E-state index in [0.29, 0.717) is 41.3 Å². The minimum atomic E-state index is -0.511. The van der Waals surface area contributed by atoms with Crippen molar-refractivity contribution in [3.8, 4) is 5.95 Å². The largest absolute Gasteiger partial charge is 0.366 e. The van der Waals surface area contributed by atoms with Gasteiger partial charge in [-0.2, -0.15) is 14.8 Å². The van der Waals surface area contributed by atoms with Crippen LogP contribution in [0.5, 0.6) is 0 Å². The van der Waals surface area contributed by atoms with E-state index in [1.807, 2.05) is 12.1 Å². The van der Waals surface area contributed by atoms with Gasteiger partial charge in [-0.1, -0.05) is 18.2 Å². The molecule has 0 unspecified atom stereocenters. The highest BCUT2D eigenvalue weighted by Crippen LogP contribution is 2.27. The van der Waals surface area contributed by atoms with E-state index in [1.54, 1.807) is 29.1 Å². The van der Waals surface area contributed by atoms with Gasteiger partial charge in [0.2, 0.25) is 5.91 Å². The molecule has 0 aliphatic carbocycles. The Labute approximate surface area is 190 Å². The molecule has 4 aromatic rings. The Hall–Kier alpha value is -3.85. The first-order chi connectivity index (χ1) is 16.0. The SMILES string of the molecule is CN1CCCc2nc(-n3ncc4c(C(N)=O)cccc43)nc(NCc3cccc(F)c3)c2C1. The van der Waals surface area contributed by atoms with Crippen molar-refractivity contribution in [1.29, 1.82) is 0 Å². The van der Waals surface area contributed by atoms with Crippen molar-refractivity contribution in [2.75, 3.05) is 18.9 Å². The number of fused-ring (bicyclic) bond motifs is 2. The average Bonchev–Trinajstić information content (AvgIpc) is 3.13. The van der Waals surface area contributed by atoms with E-state index >= 15 is 0 Å². The standard InChI is InChI=1S/C24H24FN7O/c1-31-10-4-8-20-19(14-31)23(27-12-15-5-2-6-16(25)11-15)30-24(29-20)32-21-9-3-7-17(22(26)33)18(21)13-28-32/h2-3,5-7,9,11,13H,4,8,10,12,14H2,1H3,(H2,26,33)(H,27,29,30). The first-order valence-electron chi connectivity index (χ1n) is 10.8. The van der Waals surface area contributed by atoms with Gasteiger partial charge in [0.15, 0.2) is 0 Å². The molecule has 1 aliphatic rings. The third kappa shape index (κ3) is 4.14. The van der Waals surface area contributed by atoms with Crippen molar-refractivity contribution in [2.24, 2.45) is 5.73 Å². The molecule has 0 fully saturated rings. The van der Waals surface area contributed by atoms with Crippen LogP contribution in [0.15, 0.2) is 48.7 Å². The maximum atomic E-state index is 13.7. The van der Waals surface area contributed by atoms with Crippen LogP contribution in [0, 0.1) is 5.82 Å². The lowest BCUT2D eigenvalue weighted by Gasteiger charge is -2.18. The maximum absolute atomic E-state index is 13.7. The van der Waals surface area contributed by atoms with Crippen LogP contribution in [0.3, 0.4) is 0 Å². The molecule has 0 saturated carbocycles. The predicted octanol–water partition coefficient (Wildman–Crippen LogP) is 3.04. The fraction of sp³-hybridized carbons (Fsp3) is 0.250. The summed E-state index contributed by atoms with van der Waals surface area (Å²) in [6, 6.07) is 11.8. The monoisotopic (exact) mass is 445 g/mol. The van der Waals surface area contributed by atoms with Crippen LogP contribution in [0.25, 0.3) is 16.9 Å². The molecule has 3 heterocycles. The lowest BCUT2D eigenvalue weighted by atomic mass is 10.1.